The summed E-state index contributed by atoms with van der Waals surface area (Å²) in [5.74, 6) is 0.965. The van der Waals surface area contributed by atoms with Gasteiger partial charge in [-0.1, -0.05) is 6.92 Å². The van der Waals surface area contributed by atoms with Crippen LogP contribution in [0.3, 0.4) is 0 Å². The van der Waals surface area contributed by atoms with Crippen LogP contribution in [0.5, 0.6) is 0 Å². The second-order valence-corrected chi connectivity index (χ2v) is 5.71. The molecular weight excluding hydrogens is 209 g/mol. The first-order valence-corrected chi connectivity index (χ1v) is 6.33. The van der Waals surface area contributed by atoms with Crippen LogP contribution in [-0.4, -0.2) is 17.0 Å². The minimum absolute atomic E-state index is 0.156. The highest BCUT2D eigenvalue weighted by Crippen LogP contribution is 2.28. The van der Waals surface area contributed by atoms with Gasteiger partial charge in [-0.2, -0.15) is 11.8 Å². The van der Waals surface area contributed by atoms with E-state index in [4.69, 9.17) is 0 Å². The smallest absolute Gasteiger partial charge is 0.125 e. The molecule has 1 aliphatic heterocycles. The average Bonchev–Trinajstić information content (AvgIpc) is 2.49. The lowest BCUT2D eigenvalue weighted by molar-refractivity contribution is 0.626. The van der Waals surface area contributed by atoms with Crippen molar-refractivity contribution < 1.29 is 4.39 Å². The quantitative estimate of drug-likeness (QED) is 0.827. The van der Waals surface area contributed by atoms with Crippen LogP contribution in [0.4, 0.5) is 10.1 Å². The lowest BCUT2D eigenvalue weighted by Crippen LogP contribution is -2.18. The van der Waals surface area contributed by atoms with E-state index in [9.17, 15) is 4.39 Å². The van der Waals surface area contributed by atoms with Gasteiger partial charge in [0.15, 0.2) is 0 Å². The molecule has 3 heteroatoms. The zero-order valence-corrected chi connectivity index (χ0v) is 9.90. The highest BCUT2D eigenvalue weighted by atomic mass is 32.2. The highest BCUT2D eigenvalue weighted by Gasteiger charge is 2.21. The van der Waals surface area contributed by atoms with Crippen molar-refractivity contribution in [2.24, 2.45) is 0 Å². The molecule has 0 amide bonds. The summed E-state index contributed by atoms with van der Waals surface area (Å²) in [5.41, 5.74) is 1.88. The first-order valence-electron chi connectivity index (χ1n) is 5.29. The van der Waals surface area contributed by atoms with Crippen LogP contribution in [0.15, 0.2) is 18.2 Å². The molecule has 1 heterocycles. The Morgan fingerprint density at radius 1 is 1.40 bits per heavy atom. The molecule has 0 aromatic heterocycles. The molecule has 1 N–H and O–H groups in total. The standard InChI is InChI=1S/C12H16FNS/c1-8-3-10(13)6-11(4-8)14-12-5-9(2)15-7-12/h3-4,6,9,12,14H,5,7H2,1-2H3. The average molecular weight is 225 g/mol. The van der Waals surface area contributed by atoms with Crippen LogP contribution in [0, 0.1) is 12.7 Å². The van der Waals surface area contributed by atoms with Gasteiger partial charge in [0, 0.05) is 22.7 Å². The summed E-state index contributed by atoms with van der Waals surface area (Å²) >= 11 is 1.98. The second kappa shape index (κ2) is 4.44. The number of benzene rings is 1. The number of rotatable bonds is 2. The molecule has 0 bridgehead atoms. The summed E-state index contributed by atoms with van der Waals surface area (Å²) in [5, 5.41) is 4.11. The molecule has 2 rings (SSSR count). The van der Waals surface area contributed by atoms with Crippen LogP contribution in [0.25, 0.3) is 0 Å². The Kier molecular flexibility index (Phi) is 3.19. The van der Waals surface area contributed by atoms with Crippen molar-refractivity contribution in [1.29, 1.82) is 0 Å². The van der Waals surface area contributed by atoms with Gasteiger partial charge >= 0.3 is 0 Å². The number of thioether (sulfide) groups is 1. The van der Waals surface area contributed by atoms with Crippen LogP contribution in [0.2, 0.25) is 0 Å². The summed E-state index contributed by atoms with van der Waals surface area (Å²) in [6.45, 7) is 4.16. The molecule has 1 aliphatic rings. The maximum atomic E-state index is 13.1. The van der Waals surface area contributed by atoms with Crippen LogP contribution < -0.4 is 5.32 Å². The molecule has 0 spiro atoms. The van der Waals surface area contributed by atoms with E-state index in [-0.39, 0.29) is 5.82 Å². The van der Waals surface area contributed by atoms with Crippen molar-refractivity contribution in [3.05, 3.63) is 29.6 Å². The zero-order valence-electron chi connectivity index (χ0n) is 9.09. The Morgan fingerprint density at radius 2 is 2.20 bits per heavy atom. The number of halogens is 1. The Labute approximate surface area is 94.5 Å². The Bertz CT molecular complexity index is 333. The van der Waals surface area contributed by atoms with Crippen molar-refractivity contribution in [2.45, 2.75) is 31.6 Å². The van der Waals surface area contributed by atoms with Crippen LogP contribution in [0.1, 0.15) is 18.9 Å². The maximum absolute atomic E-state index is 13.1. The van der Waals surface area contributed by atoms with E-state index in [0.29, 0.717) is 6.04 Å². The third-order valence-corrected chi connectivity index (χ3v) is 3.97. The largest absolute Gasteiger partial charge is 0.381 e. The predicted octanol–water partition coefficient (Wildman–Crippen LogP) is 3.44. The fourth-order valence-electron chi connectivity index (χ4n) is 1.97. The molecule has 15 heavy (non-hydrogen) atoms. The van der Waals surface area contributed by atoms with E-state index in [0.717, 1.165) is 22.3 Å². The number of nitrogens with one attached hydrogen (secondary N) is 1. The van der Waals surface area contributed by atoms with Gasteiger partial charge in [0.05, 0.1) is 0 Å². The summed E-state index contributed by atoms with van der Waals surface area (Å²) < 4.78 is 13.1. The molecule has 0 saturated carbocycles. The normalized spacial score (nSPS) is 25.5. The van der Waals surface area contributed by atoms with Gasteiger partial charge in [0.25, 0.3) is 0 Å². The van der Waals surface area contributed by atoms with Gasteiger partial charge in [0.2, 0.25) is 0 Å². The monoisotopic (exact) mass is 225 g/mol. The van der Waals surface area contributed by atoms with Crippen LogP contribution >= 0.6 is 11.8 Å². The van der Waals surface area contributed by atoms with Crippen molar-refractivity contribution >= 4 is 17.4 Å². The Balaban J connectivity index is 2.04. The van der Waals surface area contributed by atoms with Crippen LogP contribution in [-0.2, 0) is 0 Å². The van der Waals surface area contributed by atoms with Gasteiger partial charge in [0.1, 0.15) is 5.82 Å². The number of hydrogen-bond acceptors (Lipinski definition) is 2. The first-order chi connectivity index (χ1) is 7.13. The molecule has 1 fully saturated rings. The molecule has 0 radical (unpaired) electrons. The van der Waals surface area contributed by atoms with Gasteiger partial charge in [-0.3, -0.25) is 0 Å². The number of hydrogen-bond donors (Lipinski definition) is 1. The van der Waals surface area contributed by atoms with Gasteiger partial charge < -0.3 is 5.32 Å². The number of aryl methyl sites for hydroxylation is 1. The van der Waals surface area contributed by atoms with E-state index in [1.54, 1.807) is 12.1 Å². The van der Waals surface area contributed by atoms with Gasteiger partial charge in [-0.05, 0) is 37.1 Å². The molecule has 2 unspecified atom stereocenters. The first kappa shape index (κ1) is 10.8. The van der Waals surface area contributed by atoms with Crippen molar-refractivity contribution in [1.82, 2.24) is 0 Å². The van der Waals surface area contributed by atoms with Crippen molar-refractivity contribution in [2.75, 3.05) is 11.1 Å². The van der Waals surface area contributed by atoms with E-state index < -0.39 is 0 Å². The van der Waals surface area contributed by atoms with E-state index >= 15 is 0 Å². The minimum Gasteiger partial charge on any atom is -0.381 e. The lowest BCUT2D eigenvalue weighted by atomic mass is 10.1. The summed E-state index contributed by atoms with van der Waals surface area (Å²) in [6, 6.07) is 5.61. The molecule has 1 saturated heterocycles. The second-order valence-electron chi connectivity index (χ2n) is 4.24. The molecule has 1 aromatic carbocycles. The third-order valence-electron chi connectivity index (χ3n) is 2.61. The van der Waals surface area contributed by atoms with E-state index in [1.165, 1.54) is 6.42 Å². The molecule has 82 valence electrons. The van der Waals surface area contributed by atoms with Crippen molar-refractivity contribution in [3.63, 3.8) is 0 Å². The number of anilines is 1. The molecule has 1 aromatic rings. The zero-order chi connectivity index (χ0) is 10.8. The summed E-state index contributed by atoms with van der Waals surface area (Å²) in [6.07, 6.45) is 1.17. The topological polar surface area (TPSA) is 12.0 Å². The summed E-state index contributed by atoms with van der Waals surface area (Å²) in [4.78, 5) is 0. The fraction of sp³-hybridized carbons (Fsp3) is 0.500. The highest BCUT2D eigenvalue weighted by molar-refractivity contribution is 8.00. The maximum Gasteiger partial charge on any atom is 0.125 e. The molecular formula is C12H16FNS. The van der Waals surface area contributed by atoms with E-state index in [2.05, 4.69) is 12.2 Å². The van der Waals surface area contributed by atoms with Gasteiger partial charge in [-0.25, -0.2) is 4.39 Å². The Hall–Kier alpha value is -0.700. The molecule has 1 nitrogen and oxygen atoms in total. The van der Waals surface area contributed by atoms with E-state index in [1.807, 2.05) is 24.8 Å². The molecule has 0 aliphatic carbocycles. The minimum atomic E-state index is -0.156. The van der Waals surface area contributed by atoms with Crippen molar-refractivity contribution in [3.8, 4) is 0 Å². The predicted molar refractivity (Wildman–Crippen MR) is 65.1 cm³/mol. The van der Waals surface area contributed by atoms with Gasteiger partial charge in [-0.15, -0.1) is 0 Å². The Morgan fingerprint density at radius 3 is 2.80 bits per heavy atom. The summed E-state index contributed by atoms with van der Waals surface area (Å²) in [7, 11) is 0. The lowest BCUT2D eigenvalue weighted by Gasteiger charge is -2.13. The molecule has 2 atom stereocenters. The SMILES string of the molecule is Cc1cc(F)cc(NC2CSC(C)C2)c1. The third kappa shape index (κ3) is 2.88. The fourth-order valence-corrected chi connectivity index (χ4v) is 3.12.